The number of halogens is 1. The highest BCUT2D eigenvalue weighted by Gasteiger charge is 2.54. The molecule has 3 aliphatic rings. The molecule has 1 saturated carbocycles. The van der Waals surface area contributed by atoms with Gasteiger partial charge >= 0.3 is 0 Å². The number of anilines is 1. The van der Waals surface area contributed by atoms with Crippen molar-refractivity contribution >= 4 is 11.7 Å². The summed E-state index contributed by atoms with van der Waals surface area (Å²) < 4.78 is 33.1. The number of likely N-dealkylation sites (N-methyl/N-ethyl adjacent to an activating group) is 1. The molecule has 0 N–H and O–H groups in total. The average molecular weight is 676 g/mol. The SMILES string of the molecule is CCN(C)CCOCCN1CCc2nccc(OC3CC4(C3)CN(c3ncncc3Oc3ccc(F)cc3C(=O)N(CC)C(C)C)C4)c2C1. The van der Waals surface area contributed by atoms with Gasteiger partial charge in [0.25, 0.3) is 5.91 Å². The van der Waals surface area contributed by atoms with E-state index in [0.717, 1.165) is 89.7 Å². The molecule has 0 bridgehead atoms. The van der Waals surface area contributed by atoms with Gasteiger partial charge in [0, 0.05) is 81.1 Å². The van der Waals surface area contributed by atoms with Crippen molar-refractivity contribution in [1.82, 2.24) is 29.7 Å². The van der Waals surface area contributed by atoms with Crippen LogP contribution in [0.4, 0.5) is 10.2 Å². The van der Waals surface area contributed by atoms with Crippen LogP contribution in [-0.2, 0) is 17.7 Å². The zero-order valence-electron chi connectivity index (χ0n) is 29.5. The summed E-state index contributed by atoms with van der Waals surface area (Å²) in [6.45, 7) is 16.2. The molecule has 1 spiro atoms. The highest BCUT2D eigenvalue weighted by atomic mass is 19.1. The van der Waals surface area contributed by atoms with Crippen LogP contribution in [0.2, 0.25) is 0 Å². The van der Waals surface area contributed by atoms with E-state index in [0.29, 0.717) is 18.1 Å². The molecule has 1 aromatic carbocycles. The smallest absolute Gasteiger partial charge is 0.257 e. The van der Waals surface area contributed by atoms with E-state index in [-0.39, 0.29) is 34.8 Å². The fourth-order valence-corrected chi connectivity index (χ4v) is 7.18. The Morgan fingerprint density at radius 1 is 1.08 bits per heavy atom. The van der Waals surface area contributed by atoms with Crippen LogP contribution in [0.5, 0.6) is 17.2 Å². The minimum atomic E-state index is -0.493. The molecule has 1 aliphatic carbocycles. The maximum absolute atomic E-state index is 14.3. The van der Waals surface area contributed by atoms with Gasteiger partial charge in [-0.3, -0.25) is 14.7 Å². The fraction of sp³-hybridized carbons (Fsp3) is 0.568. The van der Waals surface area contributed by atoms with Gasteiger partial charge < -0.3 is 28.9 Å². The molecule has 0 radical (unpaired) electrons. The molecule has 2 aromatic heterocycles. The molecule has 12 heteroatoms. The Labute approximate surface area is 289 Å². The lowest BCUT2D eigenvalue weighted by Crippen LogP contribution is -2.65. The van der Waals surface area contributed by atoms with E-state index in [1.807, 2.05) is 33.0 Å². The zero-order chi connectivity index (χ0) is 34.5. The first-order valence-corrected chi connectivity index (χ1v) is 17.6. The summed E-state index contributed by atoms with van der Waals surface area (Å²) in [7, 11) is 2.11. The van der Waals surface area contributed by atoms with Crippen molar-refractivity contribution in [1.29, 1.82) is 0 Å². The Hall–Kier alpha value is -3.87. The first kappa shape index (κ1) is 35.0. The van der Waals surface area contributed by atoms with Crippen molar-refractivity contribution in [2.24, 2.45) is 5.41 Å². The number of carbonyl (C=O) groups excluding carboxylic acids is 1. The predicted molar refractivity (Wildman–Crippen MR) is 186 cm³/mol. The van der Waals surface area contributed by atoms with Crippen molar-refractivity contribution < 1.29 is 23.4 Å². The molecular weight excluding hydrogens is 625 g/mol. The minimum absolute atomic E-state index is 0.0385. The van der Waals surface area contributed by atoms with Gasteiger partial charge in [0.1, 0.15) is 29.7 Å². The van der Waals surface area contributed by atoms with E-state index in [1.54, 1.807) is 11.1 Å². The van der Waals surface area contributed by atoms with Gasteiger partial charge in [-0.1, -0.05) is 6.92 Å². The number of nitrogens with zero attached hydrogens (tertiary/aromatic N) is 7. The number of hydrogen-bond donors (Lipinski definition) is 0. The standard InChI is InChI=1S/C37H50FN7O4/c1-6-42(5)14-16-47-17-15-43-13-11-31-30(22-43)33(10-12-40-31)48-28-19-37(20-28)23-44(24-37)35-34(21-39-25-41-35)49-32-9-8-27(38)18-29(32)36(46)45(7-2)26(3)4/h8-10,12,18,21,25-26,28H,6-7,11,13-17,19-20,22-24H2,1-5H3. The van der Waals surface area contributed by atoms with Gasteiger partial charge in [-0.2, -0.15) is 0 Å². The molecule has 4 heterocycles. The van der Waals surface area contributed by atoms with E-state index < -0.39 is 5.82 Å². The van der Waals surface area contributed by atoms with Crippen LogP contribution in [-0.4, -0.2) is 114 Å². The third kappa shape index (κ3) is 7.97. The average Bonchev–Trinajstić information content (AvgIpc) is 3.06. The number of rotatable bonds is 15. The lowest BCUT2D eigenvalue weighted by molar-refractivity contribution is -0.0353. The Balaban J connectivity index is 1.04. The number of ether oxygens (including phenoxy) is 3. The maximum atomic E-state index is 14.3. The monoisotopic (exact) mass is 675 g/mol. The molecule has 2 fully saturated rings. The zero-order valence-corrected chi connectivity index (χ0v) is 29.5. The Morgan fingerprint density at radius 2 is 1.90 bits per heavy atom. The second-order valence-electron chi connectivity index (χ2n) is 13.9. The molecule has 6 rings (SSSR count). The van der Waals surface area contributed by atoms with Gasteiger partial charge in [-0.25, -0.2) is 14.4 Å². The van der Waals surface area contributed by atoms with Crippen LogP contribution in [0.25, 0.3) is 0 Å². The van der Waals surface area contributed by atoms with Crippen molar-refractivity contribution in [2.75, 3.05) is 71.0 Å². The summed E-state index contributed by atoms with van der Waals surface area (Å²) in [4.78, 5) is 35.3. The molecule has 3 aromatic rings. The number of aromatic nitrogens is 3. The van der Waals surface area contributed by atoms with Crippen LogP contribution >= 0.6 is 0 Å². The van der Waals surface area contributed by atoms with Crippen LogP contribution in [0.1, 0.15) is 62.2 Å². The largest absolute Gasteiger partial charge is 0.490 e. The van der Waals surface area contributed by atoms with E-state index in [2.05, 4.69) is 43.6 Å². The molecule has 0 unspecified atom stereocenters. The van der Waals surface area contributed by atoms with E-state index in [9.17, 15) is 9.18 Å². The van der Waals surface area contributed by atoms with Crippen LogP contribution in [0.15, 0.2) is 43.0 Å². The second-order valence-corrected chi connectivity index (χ2v) is 13.9. The predicted octanol–water partition coefficient (Wildman–Crippen LogP) is 5.05. The molecule has 1 saturated heterocycles. The number of pyridine rings is 1. The topological polar surface area (TPSA) is 96.4 Å². The highest BCUT2D eigenvalue weighted by Crippen LogP contribution is 2.52. The lowest BCUT2D eigenvalue weighted by atomic mass is 9.61. The third-order valence-corrected chi connectivity index (χ3v) is 10.1. The number of carbonyl (C=O) groups is 1. The lowest BCUT2D eigenvalue weighted by Gasteiger charge is -2.59. The maximum Gasteiger partial charge on any atom is 0.257 e. The first-order valence-electron chi connectivity index (χ1n) is 17.6. The molecular formula is C37H50FN7O4. The highest BCUT2D eigenvalue weighted by molar-refractivity contribution is 5.97. The van der Waals surface area contributed by atoms with Crippen LogP contribution < -0.4 is 14.4 Å². The van der Waals surface area contributed by atoms with E-state index in [1.165, 1.54) is 30.1 Å². The van der Waals surface area contributed by atoms with Gasteiger partial charge in [0.15, 0.2) is 11.6 Å². The quantitative estimate of drug-likeness (QED) is 0.204. The van der Waals surface area contributed by atoms with Crippen LogP contribution in [0, 0.1) is 11.2 Å². The second kappa shape index (κ2) is 15.3. The number of hydrogen-bond acceptors (Lipinski definition) is 10. The summed E-state index contributed by atoms with van der Waals surface area (Å²) in [6, 6.07) is 6.01. The number of amides is 1. The summed E-state index contributed by atoms with van der Waals surface area (Å²) in [6.07, 6.45) is 7.97. The number of fused-ring (bicyclic) bond motifs is 1. The summed E-state index contributed by atoms with van der Waals surface area (Å²) in [5.74, 6) is 1.55. The molecule has 49 heavy (non-hydrogen) atoms. The molecule has 2 aliphatic heterocycles. The van der Waals surface area contributed by atoms with Gasteiger partial charge in [0.2, 0.25) is 0 Å². The normalized spacial score (nSPS) is 17.2. The van der Waals surface area contributed by atoms with Crippen molar-refractivity contribution in [3.05, 3.63) is 65.6 Å². The minimum Gasteiger partial charge on any atom is -0.490 e. The first-order chi connectivity index (χ1) is 23.7. The Kier molecular flexibility index (Phi) is 11.0. The summed E-state index contributed by atoms with van der Waals surface area (Å²) >= 11 is 0. The van der Waals surface area contributed by atoms with Gasteiger partial charge in [-0.05, 0) is 71.5 Å². The Morgan fingerprint density at radius 3 is 2.65 bits per heavy atom. The number of benzene rings is 1. The Bertz CT molecular complexity index is 1590. The van der Waals surface area contributed by atoms with Gasteiger partial charge in [0.05, 0.1) is 25.0 Å². The summed E-state index contributed by atoms with van der Waals surface area (Å²) in [5.41, 5.74) is 2.67. The molecule has 264 valence electrons. The molecule has 11 nitrogen and oxygen atoms in total. The fourth-order valence-electron chi connectivity index (χ4n) is 7.18. The van der Waals surface area contributed by atoms with E-state index >= 15 is 0 Å². The van der Waals surface area contributed by atoms with E-state index in [4.69, 9.17) is 14.2 Å². The van der Waals surface area contributed by atoms with Crippen molar-refractivity contribution in [3.8, 4) is 17.2 Å². The van der Waals surface area contributed by atoms with Crippen LogP contribution in [0.3, 0.4) is 0 Å². The molecule has 1 amide bonds. The molecule has 0 atom stereocenters. The van der Waals surface area contributed by atoms with Gasteiger partial charge in [-0.15, -0.1) is 0 Å². The van der Waals surface area contributed by atoms with Crippen molar-refractivity contribution in [2.45, 2.75) is 65.6 Å². The summed E-state index contributed by atoms with van der Waals surface area (Å²) in [5, 5.41) is 0. The van der Waals surface area contributed by atoms with Crippen molar-refractivity contribution in [3.63, 3.8) is 0 Å². The third-order valence-electron chi connectivity index (χ3n) is 10.1.